The molecular weight excluding hydrogens is 162 g/mol. The quantitative estimate of drug-likeness (QED) is 0.644. The summed E-state index contributed by atoms with van der Waals surface area (Å²) < 4.78 is 0. The second kappa shape index (κ2) is 5.04. The number of hydrogen-bond donors (Lipinski definition) is 1. The molecule has 1 fully saturated rings. The standard InChI is InChI=1S/C10H19N3/c1-3-4-5-6-10-9-12(2)7-8-13(10)11/h4-6H,3,7-9,11H2,1-2H3/b5-4-,10-6-. The Morgan fingerprint density at radius 2 is 2.23 bits per heavy atom. The van der Waals surface area contributed by atoms with Crippen molar-refractivity contribution in [3.63, 3.8) is 0 Å². The molecule has 0 aromatic carbocycles. The van der Waals surface area contributed by atoms with E-state index in [9.17, 15) is 0 Å². The van der Waals surface area contributed by atoms with Gasteiger partial charge >= 0.3 is 0 Å². The number of hydrogen-bond acceptors (Lipinski definition) is 3. The van der Waals surface area contributed by atoms with Gasteiger partial charge in [-0.2, -0.15) is 0 Å². The summed E-state index contributed by atoms with van der Waals surface area (Å²) in [6.45, 7) is 5.04. The van der Waals surface area contributed by atoms with Gasteiger partial charge in [-0.3, -0.25) is 4.90 Å². The second-order valence-electron chi connectivity index (χ2n) is 3.43. The molecule has 0 radical (unpaired) electrons. The van der Waals surface area contributed by atoms with Crippen molar-refractivity contribution in [3.05, 3.63) is 23.9 Å². The van der Waals surface area contributed by atoms with Crippen LogP contribution >= 0.6 is 0 Å². The fourth-order valence-corrected chi connectivity index (χ4v) is 1.33. The third-order valence-corrected chi connectivity index (χ3v) is 2.18. The van der Waals surface area contributed by atoms with E-state index in [1.807, 2.05) is 5.01 Å². The Morgan fingerprint density at radius 3 is 2.92 bits per heavy atom. The van der Waals surface area contributed by atoms with Gasteiger partial charge in [0.1, 0.15) is 0 Å². The molecule has 0 aromatic heterocycles. The van der Waals surface area contributed by atoms with E-state index in [1.165, 1.54) is 5.70 Å². The summed E-state index contributed by atoms with van der Waals surface area (Å²) in [7, 11) is 2.12. The third kappa shape index (κ3) is 3.20. The molecule has 1 heterocycles. The number of likely N-dealkylation sites (N-methyl/N-ethyl adjacent to an activating group) is 1. The van der Waals surface area contributed by atoms with Crippen LogP contribution < -0.4 is 5.84 Å². The van der Waals surface area contributed by atoms with Crippen molar-refractivity contribution in [2.45, 2.75) is 13.3 Å². The van der Waals surface area contributed by atoms with Crippen LogP contribution in [0.1, 0.15) is 13.3 Å². The van der Waals surface area contributed by atoms with E-state index in [-0.39, 0.29) is 0 Å². The van der Waals surface area contributed by atoms with Gasteiger partial charge in [-0.25, -0.2) is 5.84 Å². The van der Waals surface area contributed by atoms with Crippen molar-refractivity contribution in [1.82, 2.24) is 9.91 Å². The van der Waals surface area contributed by atoms with Crippen molar-refractivity contribution in [2.24, 2.45) is 5.84 Å². The summed E-state index contributed by atoms with van der Waals surface area (Å²) in [5.41, 5.74) is 1.19. The summed E-state index contributed by atoms with van der Waals surface area (Å²) in [6.07, 6.45) is 7.38. The molecule has 0 aliphatic carbocycles. The first-order valence-electron chi connectivity index (χ1n) is 4.80. The lowest BCUT2D eigenvalue weighted by molar-refractivity contribution is 0.206. The van der Waals surface area contributed by atoms with Crippen LogP contribution in [-0.4, -0.2) is 36.6 Å². The first-order chi connectivity index (χ1) is 6.24. The van der Waals surface area contributed by atoms with Gasteiger partial charge < -0.3 is 5.01 Å². The highest BCUT2D eigenvalue weighted by atomic mass is 15.4. The number of allylic oxidation sites excluding steroid dienone is 3. The molecule has 13 heavy (non-hydrogen) atoms. The molecular formula is C10H19N3. The Hall–Kier alpha value is -0.800. The van der Waals surface area contributed by atoms with Crippen molar-refractivity contribution >= 4 is 0 Å². The van der Waals surface area contributed by atoms with Gasteiger partial charge in [-0.1, -0.05) is 19.1 Å². The van der Waals surface area contributed by atoms with Crippen LogP contribution in [0.4, 0.5) is 0 Å². The van der Waals surface area contributed by atoms with E-state index in [2.05, 4.69) is 37.1 Å². The molecule has 0 amide bonds. The van der Waals surface area contributed by atoms with Gasteiger partial charge in [0.25, 0.3) is 0 Å². The maximum absolute atomic E-state index is 5.83. The molecule has 0 unspecified atom stereocenters. The maximum Gasteiger partial charge on any atom is 0.0466 e. The van der Waals surface area contributed by atoms with Gasteiger partial charge in [-0.05, 0) is 19.5 Å². The minimum atomic E-state index is 0.919. The molecule has 0 saturated carbocycles. The number of nitrogens with two attached hydrogens (primary N) is 1. The smallest absolute Gasteiger partial charge is 0.0466 e. The van der Waals surface area contributed by atoms with Gasteiger partial charge in [0.15, 0.2) is 0 Å². The number of nitrogens with zero attached hydrogens (tertiary/aromatic N) is 2. The van der Waals surface area contributed by atoms with Crippen molar-refractivity contribution < 1.29 is 0 Å². The molecule has 1 aliphatic heterocycles. The lowest BCUT2D eigenvalue weighted by atomic mass is 10.2. The van der Waals surface area contributed by atoms with Crippen LogP contribution in [-0.2, 0) is 0 Å². The molecule has 2 N–H and O–H groups in total. The molecule has 1 rings (SSSR count). The Kier molecular flexibility index (Phi) is 3.99. The highest BCUT2D eigenvalue weighted by Crippen LogP contribution is 2.07. The molecule has 0 spiro atoms. The van der Waals surface area contributed by atoms with E-state index in [4.69, 9.17) is 5.84 Å². The first-order valence-corrected chi connectivity index (χ1v) is 4.80. The number of hydrazine groups is 1. The van der Waals surface area contributed by atoms with E-state index >= 15 is 0 Å². The lowest BCUT2D eigenvalue weighted by Crippen LogP contribution is -2.46. The molecule has 1 saturated heterocycles. The zero-order chi connectivity index (χ0) is 9.68. The minimum absolute atomic E-state index is 0.919. The van der Waals surface area contributed by atoms with Crippen LogP contribution in [0, 0.1) is 0 Å². The molecule has 3 heteroatoms. The average molecular weight is 181 g/mol. The highest BCUT2D eigenvalue weighted by Gasteiger charge is 2.13. The molecule has 3 nitrogen and oxygen atoms in total. The van der Waals surface area contributed by atoms with Crippen LogP contribution in [0.3, 0.4) is 0 Å². The molecule has 0 aromatic rings. The largest absolute Gasteiger partial charge is 0.313 e. The number of rotatable bonds is 2. The SMILES string of the molecule is CC/C=C\C=C1\CN(C)CCN1N. The first kappa shape index (κ1) is 10.3. The molecule has 0 bridgehead atoms. The highest BCUT2D eigenvalue weighted by molar-refractivity contribution is 5.13. The normalized spacial score (nSPS) is 23.3. The minimum Gasteiger partial charge on any atom is -0.313 e. The topological polar surface area (TPSA) is 32.5 Å². The fraction of sp³-hybridized carbons (Fsp3) is 0.600. The van der Waals surface area contributed by atoms with Crippen LogP contribution in [0.5, 0.6) is 0 Å². The van der Waals surface area contributed by atoms with Crippen LogP contribution in [0.2, 0.25) is 0 Å². The summed E-state index contributed by atoms with van der Waals surface area (Å²) in [5, 5.41) is 1.83. The van der Waals surface area contributed by atoms with Gasteiger partial charge in [-0.15, -0.1) is 0 Å². The van der Waals surface area contributed by atoms with Crippen molar-refractivity contribution in [1.29, 1.82) is 0 Å². The van der Waals surface area contributed by atoms with E-state index in [0.717, 1.165) is 26.1 Å². The predicted octanol–water partition coefficient (Wildman–Crippen LogP) is 0.958. The zero-order valence-electron chi connectivity index (χ0n) is 8.53. The summed E-state index contributed by atoms with van der Waals surface area (Å²) in [4.78, 5) is 2.27. The third-order valence-electron chi connectivity index (χ3n) is 2.18. The maximum atomic E-state index is 5.83. The molecule has 1 aliphatic rings. The van der Waals surface area contributed by atoms with Crippen LogP contribution in [0.15, 0.2) is 23.9 Å². The Morgan fingerprint density at radius 1 is 1.46 bits per heavy atom. The summed E-state index contributed by atoms with van der Waals surface area (Å²) >= 11 is 0. The predicted molar refractivity (Wildman–Crippen MR) is 55.9 cm³/mol. The monoisotopic (exact) mass is 181 g/mol. The summed E-state index contributed by atoms with van der Waals surface area (Å²) in [6, 6.07) is 0. The van der Waals surface area contributed by atoms with Crippen molar-refractivity contribution in [3.8, 4) is 0 Å². The Labute approximate surface area is 80.5 Å². The van der Waals surface area contributed by atoms with E-state index in [1.54, 1.807) is 0 Å². The van der Waals surface area contributed by atoms with E-state index < -0.39 is 0 Å². The van der Waals surface area contributed by atoms with Crippen LogP contribution in [0.25, 0.3) is 0 Å². The Balaban J connectivity index is 2.54. The zero-order valence-corrected chi connectivity index (χ0v) is 8.53. The number of piperazine rings is 1. The molecule has 74 valence electrons. The van der Waals surface area contributed by atoms with Gasteiger partial charge in [0, 0.05) is 25.3 Å². The fourth-order valence-electron chi connectivity index (χ4n) is 1.33. The van der Waals surface area contributed by atoms with E-state index in [0.29, 0.717) is 0 Å². The second-order valence-corrected chi connectivity index (χ2v) is 3.43. The van der Waals surface area contributed by atoms with Gasteiger partial charge in [0.2, 0.25) is 0 Å². The average Bonchev–Trinajstić information content (AvgIpc) is 2.11. The molecule has 0 atom stereocenters. The van der Waals surface area contributed by atoms with Crippen molar-refractivity contribution in [2.75, 3.05) is 26.7 Å². The Bertz CT molecular complexity index is 208. The lowest BCUT2D eigenvalue weighted by Gasteiger charge is -2.32. The van der Waals surface area contributed by atoms with Gasteiger partial charge in [0.05, 0.1) is 0 Å². The summed E-state index contributed by atoms with van der Waals surface area (Å²) in [5.74, 6) is 5.83.